The van der Waals surface area contributed by atoms with Crippen LogP contribution in [0.25, 0.3) is 32.7 Å². The molecular weight excluding hydrogens is 311 g/mol. The topological polar surface area (TPSA) is 49.7 Å². The molecular formula is C21H17BO3. The molecule has 0 atom stereocenters. The SMILES string of the molecule is Cc1c2ccccc2c(-c2ccc(O)c(OBO)c2)c2ccccc12. The molecule has 0 heterocycles. The van der Waals surface area contributed by atoms with Crippen LogP contribution < -0.4 is 4.65 Å². The second kappa shape index (κ2) is 6.15. The lowest BCUT2D eigenvalue weighted by Gasteiger charge is -2.16. The third-order valence-corrected chi connectivity index (χ3v) is 4.67. The van der Waals surface area contributed by atoms with Crippen LogP contribution in [0.5, 0.6) is 11.5 Å². The predicted molar refractivity (Wildman–Crippen MR) is 103 cm³/mol. The summed E-state index contributed by atoms with van der Waals surface area (Å²) in [6.07, 6.45) is 0. The van der Waals surface area contributed by atoms with Gasteiger partial charge < -0.3 is 14.8 Å². The van der Waals surface area contributed by atoms with E-state index in [9.17, 15) is 5.11 Å². The molecule has 25 heavy (non-hydrogen) atoms. The van der Waals surface area contributed by atoms with Crippen LogP contribution >= 0.6 is 0 Å². The van der Waals surface area contributed by atoms with Crippen LogP contribution in [0.2, 0.25) is 0 Å². The third kappa shape index (κ3) is 2.51. The van der Waals surface area contributed by atoms with E-state index in [0.717, 1.165) is 21.9 Å². The van der Waals surface area contributed by atoms with Crippen LogP contribution in [0, 0.1) is 6.92 Å². The summed E-state index contributed by atoms with van der Waals surface area (Å²) in [5.41, 5.74) is 3.29. The summed E-state index contributed by atoms with van der Waals surface area (Å²) in [6, 6.07) is 21.9. The number of aryl methyl sites for hydroxylation is 1. The van der Waals surface area contributed by atoms with Gasteiger partial charge in [0.15, 0.2) is 5.75 Å². The summed E-state index contributed by atoms with van der Waals surface area (Å²) >= 11 is 0. The van der Waals surface area contributed by atoms with Crippen LogP contribution in [0.3, 0.4) is 0 Å². The fourth-order valence-corrected chi connectivity index (χ4v) is 3.51. The Bertz CT molecular complexity index is 1030. The van der Waals surface area contributed by atoms with E-state index in [1.54, 1.807) is 12.1 Å². The van der Waals surface area contributed by atoms with Crippen molar-refractivity contribution in [2.24, 2.45) is 0 Å². The monoisotopic (exact) mass is 328 g/mol. The first kappa shape index (κ1) is 15.5. The molecule has 2 N–H and O–H groups in total. The minimum Gasteiger partial charge on any atom is -0.536 e. The number of benzene rings is 4. The average Bonchev–Trinajstić information content (AvgIpc) is 2.65. The van der Waals surface area contributed by atoms with Gasteiger partial charge >= 0.3 is 7.69 Å². The van der Waals surface area contributed by atoms with Gasteiger partial charge in [-0.15, -0.1) is 0 Å². The van der Waals surface area contributed by atoms with E-state index in [0.29, 0.717) is 0 Å². The molecule has 0 aliphatic carbocycles. The predicted octanol–water partition coefficient (Wildman–Crippen LogP) is 4.31. The number of hydrogen-bond acceptors (Lipinski definition) is 3. The van der Waals surface area contributed by atoms with Crippen molar-refractivity contribution in [2.75, 3.05) is 0 Å². The van der Waals surface area contributed by atoms with Crippen molar-refractivity contribution in [1.29, 1.82) is 0 Å². The molecule has 0 saturated carbocycles. The average molecular weight is 328 g/mol. The second-order valence-electron chi connectivity index (χ2n) is 6.05. The van der Waals surface area contributed by atoms with Gasteiger partial charge in [-0.2, -0.15) is 0 Å². The number of hydrogen-bond donors (Lipinski definition) is 2. The van der Waals surface area contributed by atoms with Crippen LogP contribution in [0.1, 0.15) is 5.56 Å². The maximum absolute atomic E-state index is 9.95. The van der Waals surface area contributed by atoms with E-state index in [-0.39, 0.29) is 11.5 Å². The Labute approximate surface area is 146 Å². The van der Waals surface area contributed by atoms with Crippen molar-refractivity contribution in [3.8, 4) is 22.6 Å². The first-order chi connectivity index (χ1) is 12.2. The summed E-state index contributed by atoms with van der Waals surface area (Å²) in [4.78, 5) is 0. The quantitative estimate of drug-likeness (QED) is 0.435. The number of phenols is 1. The Hall–Kier alpha value is -2.98. The third-order valence-electron chi connectivity index (χ3n) is 4.67. The van der Waals surface area contributed by atoms with Gasteiger partial charge in [0, 0.05) is 0 Å². The first-order valence-corrected chi connectivity index (χ1v) is 8.18. The number of rotatable bonds is 3. The zero-order valence-corrected chi connectivity index (χ0v) is 13.9. The van der Waals surface area contributed by atoms with Crippen molar-refractivity contribution in [1.82, 2.24) is 0 Å². The molecule has 0 unspecified atom stereocenters. The normalized spacial score (nSPS) is 11.0. The summed E-state index contributed by atoms with van der Waals surface area (Å²) in [7, 11) is -0.480. The molecule has 0 radical (unpaired) electrons. The van der Waals surface area contributed by atoms with Crippen molar-refractivity contribution in [2.45, 2.75) is 6.92 Å². The van der Waals surface area contributed by atoms with Gasteiger partial charge in [-0.1, -0.05) is 54.6 Å². The molecule has 0 saturated heterocycles. The molecule has 0 bridgehead atoms. The standard InChI is InChI=1S/C21H17BO3/c1-13-15-6-2-4-8-17(15)21(18-9-5-3-7-16(13)18)14-10-11-19(23)20(12-14)25-22-24/h2-12,22-24H,1H3. The minimum absolute atomic E-state index is 0.0125. The van der Waals surface area contributed by atoms with E-state index in [1.807, 2.05) is 30.3 Å². The number of aromatic hydroxyl groups is 1. The van der Waals surface area contributed by atoms with Crippen molar-refractivity contribution in [3.05, 3.63) is 72.3 Å². The van der Waals surface area contributed by atoms with Crippen LogP contribution in [-0.2, 0) is 0 Å². The summed E-state index contributed by atoms with van der Waals surface area (Å²) < 4.78 is 5.15. The first-order valence-electron chi connectivity index (χ1n) is 8.18. The fourth-order valence-electron chi connectivity index (χ4n) is 3.51. The Morgan fingerprint density at radius 3 is 1.92 bits per heavy atom. The molecule has 0 aromatic heterocycles. The highest BCUT2D eigenvalue weighted by molar-refractivity contribution is 6.18. The molecule has 4 aromatic carbocycles. The van der Waals surface area contributed by atoms with Gasteiger partial charge in [-0.3, -0.25) is 0 Å². The molecule has 122 valence electrons. The molecule has 4 aromatic rings. The van der Waals surface area contributed by atoms with Crippen molar-refractivity contribution >= 4 is 29.2 Å². The van der Waals surface area contributed by atoms with Crippen LogP contribution in [-0.4, -0.2) is 17.8 Å². The Kier molecular flexibility index (Phi) is 3.82. The lowest BCUT2D eigenvalue weighted by molar-refractivity contribution is 0.410. The number of fused-ring (bicyclic) bond motifs is 2. The highest BCUT2D eigenvalue weighted by Gasteiger charge is 2.14. The van der Waals surface area contributed by atoms with Gasteiger partial charge in [0.1, 0.15) is 5.75 Å². The van der Waals surface area contributed by atoms with E-state index in [1.165, 1.54) is 16.3 Å². The van der Waals surface area contributed by atoms with E-state index in [2.05, 4.69) is 31.2 Å². The molecule has 4 rings (SSSR count). The maximum atomic E-state index is 9.95. The summed E-state index contributed by atoms with van der Waals surface area (Å²) in [6.45, 7) is 2.14. The smallest absolute Gasteiger partial charge is 0.504 e. The van der Waals surface area contributed by atoms with Gasteiger partial charge in [0.25, 0.3) is 0 Å². The summed E-state index contributed by atoms with van der Waals surface area (Å²) in [5.74, 6) is 0.285. The van der Waals surface area contributed by atoms with Gasteiger partial charge in [-0.05, 0) is 57.3 Å². The fraction of sp³-hybridized carbons (Fsp3) is 0.0476. The Balaban J connectivity index is 2.13. The Morgan fingerprint density at radius 2 is 1.36 bits per heavy atom. The largest absolute Gasteiger partial charge is 0.536 e. The zero-order chi connectivity index (χ0) is 17.4. The molecule has 3 nitrogen and oxygen atoms in total. The van der Waals surface area contributed by atoms with Gasteiger partial charge in [-0.25, -0.2) is 0 Å². The maximum Gasteiger partial charge on any atom is 0.504 e. The lowest BCUT2D eigenvalue weighted by atomic mass is 9.89. The Morgan fingerprint density at radius 1 is 0.800 bits per heavy atom. The minimum atomic E-state index is -0.480. The van der Waals surface area contributed by atoms with E-state index in [4.69, 9.17) is 9.68 Å². The summed E-state index contributed by atoms with van der Waals surface area (Å²) in [5, 5.41) is 23.7. The van der Waals surface area contributed by atoms with Crippen LogP contribution in [0.4, 0.5) is 0 Å². The van der Waals surface area contributed by atoms with Gasteiger partial charge in [0.05, 0.1) is 0 Å². The van der Waals surface area contributed by atoms with Crippen molar-refractivity contribution in [3.63, 3.8) is 0 Å². The molecule has 0 fully saturated rings. The van der Waals surface area contributed by atoms with Gasteiger partial charge in [0.2, 0.25) is 0 Å². The molecule has 4 heteroatoms. The van der Waals surface area contributed by atoms with E-state index < -0.39 is 7.69 Å². The molecule has 0 aliphatic heterocycles. The lowest BCUT2D eigenvalue weighted by Crippen LogP contribution is -2.00. The van der Waals surface area contributed by atoms with E-state index >= 15 is 0 Å². The highest BCUT2D eigenvalue weighted by Crippen LogP contribution is 2.41. The number of phenolic OH excluding ortho intramolecular Hbond substituents is 1. The van der Waals surface area contributed by atoms with Crippen molar-refractivity contribution < 1.29 is 14.8 Å². The molecule has 0 spiro atoms. The molecule has 0 amide bonds. The molecule has 0 aliphatic rings. The second-order valence-corrected chi connectivity index (χ2v) is 6.05. The van der Waals surface area contributed by atoms with Crippen LogP contribution in [0.15, 0.2) is 66.7 Å². The highest BCUT2D eigenvalue weighted by atomic mass is 16.5. The zero-order valence-electron chi connectivity index (χ0n) is 13.9.